The van der Waals surface area contributed by atoms with Crippen molar-refractivity contribution in [3.63, 3.8) is 0 Å². The Morgan fingerprint density at radius 2 is 1.54 bits per heavy atom. The van der Waals surface area contributed by atoms with Crippen LogP contribution in [0.25, 0.3) is 0 Å². The molecule has 0 radical (unpaired) electrons. The maximum absolute atomic E-state index is 12.1. The lowest BCUT2D eigenvalue weighted by atomic mass is 9.95. The average Bonchev–Trinajstić information content (AvgIpc) is 2.44. The zero-order valence-corrected chi connectivity index (χ0v) is 14.0. The Labute approximate surface area is 139 Å². The first-order valence-corrected chi connectivity index (χ1v) is 7.41. The Morgan fingerprint density at radius 1 is 1.04 bits per heavy atom. The number of anilines is 2. The normalized spacial score (nSPS) is 13.1. The summed E-state index contributed by atoms with van der Waals surface area (Å²) in [5.41, 5.74) is 0.621. The van der Waals surface area contributed by atoms with Crippen molar-refractivity contribution in [2.75, 3.05) is 17.2 Å². The van der Waals surface area contributed by atoms with Crippen LogP contribution in [0.4, 0.5) is 24.5 Å². The summed E-state index contributed by atoms with van der Waals surface area (Å²) < 4.78 is 36.2. The first-order valence-electron chi connectivity index (χ1n) is 7.41. The number of halogens is 3. The van der Waals surface area contributed by atoms with Crippen LogP contribution in [0.1, 0.15) is 27.7 Å². The standard InChI is InChI=1S/C16H22F3N3O2/c1-10(13(23)20-9-16(17,18)19)21-11-5-7-12(8-6-11)22-14(24)15(2,3)4/h5-8,10,21H,9H2,1-4H3,(H,20,23)(H,22,24). The predicted octanol–water partition coefficient (Wildman–Crippen LogP) is 3.15. The Morgan fingerprint density at radius 3 is 2.00 bits per heavy atom. The van der Waals surface area contributed by atoms with Crippen molar-refractivity contribution < 1.29 is 22.8 Å². The largest absolute Gasteiger partial charge is 0.405 e. The molecule has 0 spiro atoms. The molecule has 24 heavy (non-hydrogen) atoms. The Bertz CT molecular complexity index is 578. The van der Waals surface area contributed by atoms with Crippen LogP contribution in [-0.2, 0) is 9.59 Å². The molecule has 5 nitrogen and oxygen atoms in total. The Hall–Kier alpha value is -2.25. The molecule has 0 aliphatic rings. The van der Waals surface area contributed by atoms with E-state index in [1.807, 2.05) is 5.32 Å². The van der Waals surface area contributed by atoms with Crippen molar-refractivity contribution in [2.24, 2.45) is 5.41 Å². The van der Waals surface area contributed by atoms with Gasteiger partial charge in [-0.25, -0.2) is 0 Å². The summed E-state index contributed by atoms with van der Waals surface area (Å²) in [6.07, 6.45) is -4.44. The van der Waals surface area contributed by atoms with Crippen molar-refractivity contribution in [2.45, 2.75) is 39.9 Å². The highest BCUT2D eigenvalue weighted by Crippen LogP contribution is 2.19. The minimum Gasteiger partial charge on any atom is -0.374 e. The zero-order valence-electron chi connectivity index (χ0n) is 14.0. The van der Waals surface area contributed by atoms with Gasteiger partial charge in [-0.15, -0.1) is 0 Å². The zero-order chi connectivity index (χ0) is 18.5. The maximum atomic E-state index is 12.1. The molecule has 1 atom stereocenters. The van der Waals surface area contributed by atoms with Crippen LogP contribution in [0.2, 0.25) is 0 Å². The third kappa shape index (κ3) is 6.89. The molecule has 3 N–H and O–H groups in total. The second kappa shape index (κ2) is 7.55. The highest BCUT2D eigenvalue weighted by Gasteiger charge is 2.28. The monoisotopic (exact) mass is 345 g/mol. The molecular weight excluding hydrogens is 323 g/mol. The molecule has 8 heteroatoms. The fourth-order valence-electron chi connectivity index (χ4n) is 1.62. The summed E-state index contributed by atoms with van der Waals surface area (Å²) in [7, 11) is 0. The minimum atomic E-state index is -4.44. The SMILES string of the molecule is CC(Nc1ccc(NC(=O)C(C)(C)C)cc1)C(=O)NCC(F)(F)F. The maximum Gasteiger partial charge on any atom is 0.405 e. The molecule has 0 aromatic heterocycles. The predicted molar refractivity (Wildman–Crippen MR) is 86.7 cm³/mol. The summed E-state index contributed by atoms with van der Waals surface area (Å²) in [4.78, 5) is 23.5. The van der Waals surface area contributed by atoms with Crippen LogP contribution >= 0.6 is 0 Å². The van der Waals surface area contributed by atoms with Crippen LogP contribution in [0.15, 0.2) is 24.3 Å². The van der Waals surface area contributed by atoms with E-state index in [9.17, 15) is 22.8 Å². The van der Waals surface area contributed by atoms with E-state index < -0.39 is 30.1 Å². The number of carbonyl (C=O) groups excluding carboxylic acids is 2. The van der Waals surface area contributed by atoms with Gasteiger partial charge in [0.25, 0.3) is 0 Å². The number of nitrogens with one attached hydrogen (secondary N) is 3. The highest BCUT2D eigenvalue weighted by molar-refractivity contribution is 5.94. The van der Waals surface area contributed by atoms with Crippen LogP contribution in [0, 0.1) is 5.41 Å². The summed E-state index contributed by atoms with van der Waals surface area (Å²) in [5.74, 6) is -0.888. The van der Waals surface area contributed by atoms with Crippen LogP contribution in [-0.4, -0.2) is 30.6 Å². The van der Waals surface area contributed by atoms with Crippen LogP contribution in [0.3, 0.4) is 0 Å². The molecule has 0 bridgehead atoms. The van der Waals surface area contributed by atoms with Gasteiger partial charge in [-0.05, 0) is 31.2 Å². The van der Waals surface area contributed by atoms with E-state index in [-0.39, 0.29) is 5.91 Å². The van der Waals surface area contributed by atoms with Crippen molar-refractivity contribution in [1.82, 2.24) is 5.32 Å². The Kier molecular flexibility index (Phi) is 6.22. The van der Waals surface area contributed by atoms with Crippen molar-refractivity contribution in [3.05, 3.63) is 24.3 Å². The molecule has 0 saturated heterocycles. The average molecular weight is 345 g/mol. The van der Waals surface area contributed by atoms with E-state index in [0.29, 0.717) is 11.4 Å². The van der Waals surface area contributed by atoms with Crippen LogP contribution in [0.5, 0.6) is 0 Å². The van der Waals surface area contributed by atoms with Crippen molar-refractivity contribution >= 4 is 23.2 Å². The summed E-state index contributed by atoms with van der Waals surface area (Å²) >= 11 is 0. The quantitative estimate of drug-likeness (QED) is 0.768. The second-order valence-electron chi connectivity index (χ2n) is 6.48. The first-order chi connectivity index (χ1) is 10.9. The van der Waals surface area contributed by atoms with Gasteiger partial charge in [0, 0.05) is 16.8 Å². The second-order valence-corrected chi connectivity index (χ2v) is 6.48. The first kappa shape index (κ1) is 19.8. The molecule has 0 fully saturated rings. The Balaban J connectivity index is 2.57. The van der Waals surface area contributed by atoms with Gasteiger partial charge in [0.05, 0.1) is 0 Å². The van der Waals surface area contributed by atoms with Gasteiger partial charge in [-0.1, -0.05) is 20.8 Å². The van der Waals surface area contributed by atoms with Gasteiger partial charge in [-0.2, -0.15) is 13.2 Å². The van der Waals surface area contributed by atoms with E-state index >= 15 is 0 Å². The van der Waals surface area contributed by atoms with Gasteiger partial charge in [0.2, 0.25) is 11.8 Å². The molecule has 134 valence electrons. The number of hydrogen-bond acceptors (Lipinski definition) is 3. The molecule has 2 amide bonds. The van der Waals surface area contributed by atoms with Crippen molar-refractivity contribution in [1.29, 1.82) is 0 Å². The molecule has 0 aliphatic carbocycles. The number of hydrogen-bond donors (Lipinski definition) is 3. The van der Waals surface area contributed by atoms with Gasteiger partial charge in [-0.3, -0.25) is 9.59 Å². The van der Waals surface area contributed by atoms with Gasteiger partial charge < -0.3 is 16.0 Å². The van der Waals surface area contributed by atoms with Crippen molar-refractivity contribution in [3.8, 4) is 0 Å². The smallest absolute Gasteiger partial charge is 0.374 e. The number of amides is 2. The molecule has 1 aromatic carbocycles. The number of rotatable bonds is 5. The number of alkyl halides is 3. The van der Waals surface area contributed by atoms with E-state index in [1.54, 1.807) is 45.0 Å². The fraction of sp³-hybridized carbons (Fsp3) is 0.500. The molecular formula is C16H22F3N3O2. The minimum absolute atomic E-state index is 0.136. The van der Waals surface area contributed by atoms with Crippen LogP contribution < -0.4 is 16.0 Å². The molecule has 0 saturated carbocycles. The van der Waals surface area contributed by atoms with E-state index in [2.05, 4.69) is 10.6 Å². The summed E-state index contributed by atoms with van der Waals surface area (Å²) in [5, 5.41) is 7.36. The number of benzene rings is 1. The highest BCUT2D eigenvalue weighted by atomic mass is 19.4. The lowest BCUT2D eigenvalue weighted by Gasteiger charge is -2.18. The molecule has 1 rings (SSSR count). The molecule has 0 heterocycles. The van der Waals surface area contributed by atoms with Gasteiger partial charge in [0.1, 0.15) is 12.6 Å². The molecule has 0 aliphatic heterocycles. The molecule has 1 unspecified atom stereocenters. The van der Waals surface area contributed by atoms with Gasteiger partial charge in [0.15, 0.2) is 0 Å². The third-order valence-corrected chi connectivity index (χ3v) is 3.06. The topological polar surface area (TPSA) is 70.2 Å². The lowest BCUT2D eigenvalue weighted by Crippen LogP contribution is -2.42. The van der Waals surface area contributed by atoms with E-state index in [4.69, 9.17) is 0 Å². The van der Waals surface area contributed by atoms with E-state index in [1.165, 1.54) is 6.92 Å². The van der Waals surface area contributed by atoms with E-state index in [0.717, 1.165) is 0 Å². The third-order valence-electron chi connectivity index (χ3n) is 3.06. The fourth-order valence-corrected chi connectivity index (χ4v) is 1.62. The number of carbonyl (C=O) groups is 2. The molecule has 1 aromatic rings. The summed E-state index contributed by atoms with van der Waals surface area (Å²) in [6.45, 7) is 5.47. The van der Waals surface area contributed by atoms with Gasteiger partial charge >= 0.3 is 6.18 Å². The summed E-state index contributed by atoms with van der Waals surface area (Å²) in [6, 6.07) is 5.72. The lowest BCUT2D eigenvalue weighted by molar-refractivity contribution is -0.138.